The van der Waals surface area contributed by atoms with Crippen LogP contribution in [-0.4, -0.2) is 23.8 Å². The lowest BCUT2D eigenvalue weighted by molar-refractivity contribution is -0.137. The van der Waals surface area contributed by atoms with Gasteiger partial charge in [0.2, 0.25) is 5.91 Å². The lowest BCUT2D eigenvalue weighted by atomic mass is 10.1. The summed E-state index contributed by atoms with van der Waals surface area (Å²) < 4.78 is 44.2. The quantitative estimate of drug-likeness (QED) is 0.885. The molecule has 0 aliphatic heterocycles. The maximum Gasteiger partial charge on any atom is 0.416 e. The number of nitrogens with one attached hydrogen (secondary N) is 1. The predicted molar refractivity (Wildman–Crippen MR) is 84.9 cm³/mol. The molecule has 0 spiro atoms. The lowest BCUT2D eigenvalue weighted by Gasteiger charge is -2.18. The Labute approximate surface area is 142 Å². The van der Waals surface area contributed by atoms with Gasteiger partial charge in [0.15, 0.2) is 0 Å². The zero-order chi connectivity index (χ0) is 18.6. The molecule has 2 rings (SSSR count). The van der Waals surface area contributed by atoms with Crippen LogP contribution in [0.2, 0.25) is 0 Å². The lowest BCUT2D eigenvalue weighted by Crippen LogP contribution is -2.26. The molecular formula is C17H17F3N2O3. The van der Waals surface area contributed by atoms with Crippen molar-refractivity contribution in [3.8, 4) is 0 Å². The number of carbonyl (C=O) groups is 2. The molecule has 1 aromatic heterocycles. The summed E-state index contributed by atoms with van der Waals surface area (Å²) >= 11 is 0. The third-order valence-electron chi connectivity index (χ3n) is 3.46. The van der Waals surface area contributed by atoms with Gasteiger partial charge in [0, 0.05) is 36.8 Å². The molecule has 1 aromatic carbocycles. The fourth-order valence-electron chi connectivity index (χ4n) is 2.18. The van der Waals surface area contributed by atoms with Crippen molar-refractivity contribution in [3.63, 3.8) is 0 Å². The van der Waals surface area contributed by atoms with Crippen LogP contribution in [0.3, 0.4) is 0 Å². The van der Waals surface area contributed by atoms with Gasteiger partial charge >= 0.3 is 6.18 Å². The number of furan rings is 1. The molecule has 5 nitrogen and oxygen atoms in total. The van der Waals surface area contributed by atoms with Crippen molar-refractivity contribution in [2.75, 3.05) is 12.4 Å². The van der Waals surface area contributed by atoms with Crippen molar-refractivity contribution in [2.24, 2.45) is 0 Å². The first kappa shape index (κ1) is 18.6. The summed E-state index contributed by atoms with van der Waals surface area (Å²) in [6.45, 7) is 1.76. The van der Waals surface area contributed by atoms with Crippen molar-refractivity contribution in [3.05, 3.63) is 53.5 Å². The molecule has 0 aliphatic rings. The Hall–Kier alpha value is -2.77. The highest BCUT2D eigenvalue weighted by molar-refractivity contribution is 5.97. The maximum absolute atomic E-state index is 13.1. The Morgan fingerprint density at radius 3 is 2.52 bits per heavy atom. The summed E-state index contributed by atoms with van der Waals surface area (Å²) in [6, 6.07) is 4.47. The highest BCUT2D eigenvalue weighted by Crippen LogP contribution is 2.32. The van der Waals surface area contributed by atoms with Crippen LogP contribution in [-0.2, 0) is 17.5 Å². The summed E-state index contributed by atoms with van der Waals surface area (Å²) in [5.41, 5.74) is -0.516. The average Bonchev–Trinajstić information content (AvgIpc) is 3.05. The molecule has 0 atom stereocenters. The van der Waals surface area contributed by atoms with E-state index >= 15 is 0 Å². The van der Waals surface area contributed by atoms with E-state index in [0.717, 1.165) is 12.1 Å². The number of alkyl halides is 3. The van der Waals surface area contributed by atoms with Crippen LogP contribution < -0.4 is 5.32 Å². The molecule has 0 bridgehead atoms. The van der Waals surface area contributed by atoms with Gasteiger partial charge in [0.1, 0.15) is 0 Å². The monoisotopic (exact) mass is 354 g/mol. The molecule has 0 saturated heterocycles. The van der Waals surface area contributed by atoms with E-state index in [0.29, 0.717) is 5.56 Å². The number of nitrogens with zero attached hydrogens (tertiary/aromatic N) is 1. The molecule has 0 fully saturated rings. The SMILES string of the molecule is CCC(=O)Nc1cc(C(=O)N(C)Cc2ccoc2)cc(C(F)(F)F)c1. The Bertz CT molecular complexity index is 755. The van der Waals surface area contributed by atoms with Crippen molar-refractivity contribution >= 4 is 17.5 Å². The van der Waals surface area contributed by atoms with Crippen molar-refractivity contribution < 1.29 is 27.2 Å². The van der Waals surface area contributed by atoms with Gasteiger partial charge in [-0.15, -0.1) is 0 Å². The van der Waals surface area contributed by atoms with Crippen molar-refractivity contribution in [1.82, 2.24) is 4.90 Å². The largest absolute Gasteiger partial charge is 0.472 e. The summed E-state index contributed by atoms with van der Waals surface area (Å²) in [7, 11) is 1.47. The summed E-state index contributed by atoms with van der Waals surface area (Å²) in [4.78, 5) is 25.2. The Morgan fingerprint density at radius 1 is 1.24 bits per heavy atom. The Morgan fingerprint density at radius 2 is 1.96 bits per heavy atom. The zero-order valence-corrected chi connectivity index (χ0v) is 13.7. The van der Waals surface area contributed by atoms with Gasteiger partial charge in [-0.05, 0) is 24.3 Å². The maximum atomic E-state index is 13.1. The van der Waals surface area contributed by atoms with Crippen LogP contribution in [0.1, 0.15) is 34.8 Å². The number of amides is 2. The number of hydrogen-bond donors (Lipinski definition) is 1. The minimum Gasteiger partial charge on any atom is -0.472 e. The molecular weight excluding hydrogens is 337 g/mol. The van der Waals surface area contributed by atoms with Gasteiger partial charge in [0.05, 0.1) is 18.1 Å². The van der Waals surface area contributed by atoms with Gasteiger partial charge in [-0.1, -0.05) is 6.92 Å². The standard InChI is InChI=1S/C17H17F3N2O3/c1-3-15(23)21-14-7-12(6-13(8-14)17(18,19)20)16(24)22(2)9-11-4-5-25-10-11/h4-8,10H,3,9H2,1-2H3,(H,21,23). The molecule has 2 amide bonds. The molecule has 8 heteroatoms. The van der Waals surface area contributed by atoms with E-state index in [1.807, 2.05) is 0 Å². The third kappa shape index (κ3) is 4.85. The predicted octanol–water partition coefficient (Wildman–Crippen LogP) is 3.92. The van der Waals surface area contributed by atoms with Crippen LogP contribution in [0.5, 0.6) is 0 Å². The summed E-state index contributed by atoms with van der Waals surface area (Å²) in [5.74, 6) is -1.04. The van der Waals surface area contributed by atoms with E-state index in [1.165, 1.54) is 30.5 Å². The molecule has 1 heterocycles. The third-order valence-corrected chi connectivity index (χ3v) is 3.46. The molecule has 2 aromatic rings. The normalized spacial score (nSPS) is 11.2. The number of halogens is 3. The Kier molecular flexibility index (Phi) is 5.51. The minimum absolute atomic E-state index is 0.0678. The minimum atomic E-state index is -4.63. The van der Waals surface area contributed by atoms with Crippen LogP contribution in [0.4, 0.5) is 18.9 Å². The average molecular weight is 354 g/mol. The fourth-order valence-corrected chi connectivity index (χ4v) is 2.18. The highest BCUT2D eigenvalue weighted by atomic mass is 19.4. The van der Waals surface area contributed by atoms with E-state index < -0.39 is 23.6 Å². The second-order valence-corrected chi connectivity index (χ2v) is 5.49. The van der Waals surface area contributed by atoms with E-state index in [9.17, 15) is 22.8 Å². The topological polar surface area (TPSA) is 62.6 Å². The molecule has 25 heavy (non-hydrogen) atoms. The Balaban J connectivity index is 2.32. The smallest absolute Gasteiger partial charge is 0.416 e. The van der Waals surface area contributed by atoms with Crippen LogP contribution >= 0.6 is 0 Å². The van der Waals surface area contributed by atoms with Gasteiger partial charge < -0.3 is 14.6 Å². The van der Waals surface area contributed by atoms with E-state index in [1.54, 1.807) is 13.0 Å². The van der Waals surface area contributed by atoms with Crippen LogP contribution in [0, 0.1) is 0 Å². The molecule has 0 radical (unpaired) electrons. The van der Waals surface area contributed by atoms with Crippen molar-refractivity contribution in [1.29, 1.82) is 0 Å². The number of benzene rings is 1. The van der Waals surface area contributed by atoms with E-state index in [-0.39, 0.29) is 24.2 Å². The van der Waals surface area contributed by atoms with E-state index in [4.69, 9.17) is 4.42 Å². The highest BCUT2D eigenvalue weighted by Gasteiger charge is 2.32. The molecule has 0 saturated carbocycles. The second kappa shape index (κ2) is 7.42. The first-order chi connectivity index (χ1) is 11.7. The second-order valence-electron chi connectivity index (χ2n) is 5.49. The number of carbonyl (C=O) groups excluding carboxylic acids is 2. The molecule has 1 N–H and O–H groups in total. The summed E-state index contributed by atoms with van der Waals surface area (Å²) in [6.07, 6.45) is -1.63. The molecule has 0 aliphatic carbocycles. The van der Waals surface area contributed by atoms with Crippen molar-refractivity contribution in [2.45, 2.75) is 26.1 Å². The van der Waals surface area contributed by atoms with Gasteiger partial charge in [-0.2, -0.15) is 13.2 Å². The van der Waals surface area contributed by atoms with Gasteiger partial charge in [-0.25, -0.2) is 0 Å². The number of rotatable bonds is 5. The van der Waals surface area contributed by atoms with Crippen LogP contribution in [0.25, 0.3) is 0 Å². The van der Waals surface area contributed by atoms with Gasteiger partial charge in [0.25, 0.3) is 5.91 Å². The number of hydrogen-bond acceptors (Lipinski definition) is 3. The zero-order valence-electron chi connectivity index (χ0n) is 13.7. The van der Waals surface area contributed by atoms with E-state index in [2.05, 4.69) is 5.32 Å². The molecule has 0 unspecified atom stereocenters. The first-order valence-electron chi connectivity index (χ1n) is 7.49. The summed E-state index contributed by atoms with van der Waals surface area (Å²) in [5, 5.41) is 2.36. The molecule has 134 valence electrons. The van der Waals surface area contributed by atoms with Crippen LogP contribution in [0.15, 0.2) is 41.2 Å². The first-order valence-corrected chi connectivity index (χ1v) is 7.49. The fraction of sp³-hybridized carbons (Fsp3) is 0.294. The van der Waals surface area contributed by atoms with Gasteiger partial charge in [-0.3, -0.25) is 9.59 Å². The number of anilines is 1.